The smallest absolute Gasteiger partial charge is 0.322 e. The van der Waals surface area contributed by atoms with E-state index in [1.54, 1.807) is 24.3 Å². The van der Waals surface area contributed by atoms with Gasteiger partial charge in [0, 0.05) is 28.7 Å². The Morgan fingerprint density at radius 3 is 2.48 bits per heavy atom. The molecule has 3 aromatic rings. The number of hydrogen-bond acceptors (Lipinski definition) is 6. The van der Waals surface area contributed by atoms with Crippen molar-refractivity contribution in [2.75, 3.05) is 11.9 Å². The zero-order valence-electron chi connectivity index (χ0n) is 16.8. The Morgan fingerprint density at radius 2 is 1.81 bits per heavy atom. The highest BCUT2D eigenvalue weighted by Crippen LogP contribution is 2.26. The van der Waals surface area contributed by atoms with E-state index >= 15 is 0 Å². The summed E-state index contributed by atoms with van der Waals surface area (Å²) in [5.74, 6) is -0.245. The van der Waals surface area contributed by atoms with Gasteiger partial charge < -0.3 is 4.42 Å². The van der Waals surface area contributed by atoms with Gasteiger partial charge in [-0.3, -0.25) is 10.1 Å². The number of benzene rings is 2. The summed E-state index contributed by atoms with van der Waals surface area (Å²) in [7, 11) is -3.59. The van der Waals surface area contributed by atoms with Gasteiger partial charge in [0.2, 0.25) is 15.9 Å². The van der Waals surface area contributed by atoms with Gasteiger partial charge in [-0.15, -0.1) is 5.10 Å². The van der Waals surface area contributed by atoms with Gasteiger partial charge in [-0.2, -0.15) is 4.31 Å². The number of carbonyl (C=O) groups is 1. The fourth-order valence-electron chi connectivity index (χ4n) is 3.49. The van der Waals surface area contributed by atoms with Gasteiger partial charge in [-0.1, -0.05) is 23.1 Å². The molecule has 0 saturated carbocycles. The molecule has 4 rings (SSSR count). The Balaban J connectivity index is 1.46. The normalized spacial score (nSPS) is 17.4. The first kappa shape index (κ1) is 21.5. The number of amides is 1. The highest BCUT2D eigenvalue weighted by atomic mass is 35.5. The van der Waals surface area contributed by atoms with Crippen molar-refractivity contribution in [3.8, 4) is 11.5 Å². The SMILES string of the molecule is C[C@@H]1CCCCN1S(=O)(=O)c1ccc(C(=O)Nc2nnc(-c3ccc(Cl)cc3)o2)cc1. The van der Waals surface area contributed by atoms with Crippen LogP contribution in [-0.2, 0) is 10.0 Å². The van der Waals surface area contributed by atoms with Gasteiger partial charge in [-0.25, -0.2) is 8.42 Å². The van der Waals surface area contributed by atoms with Crippen molar-refractivity contribution in [3.63, 3.8) is 0 Å². The number of nitrogens with zero attached hydrogens (tertiary/aromatic N) is 3. The van der Waals surface area contributed by atoms with Gasteiger partial charge in [0.15, 0.2) is 0 Å². The molecule has 1 saturated heterocycles. The molecule has 1 fully saturated rings. The van der Waals surface area contributed by atoms with Gasteiger partial charge in [0.25, 0.3) is 5.91 Å². The predicted molar refractivity (Wildman–Crippen MR) is 116 cm³/mol. The first-order chi connectivity index (χ1) is 14.8. The highest BCUT2D eigenvalue weighted by Gasteiger charge is 2.31. The second-order valence-electron chi connectivity index (χ2n) is 7.36. The van der Waals surface area contributed by atoms with Crippen LogP contribution >= 0.6 is 11.6 Å². The molecule has 1 aliphatic rings. The fourth-order valence-corrected chi connectivity index (χ4v) is 5.32. The number of nitrogens with one attached hydrogen (secondary N) is 1. The Hall–Kier alpha value is -2.75. The fraction of sp³-hybridized carbons (Fsp3) is 0.286. The lowest BCUT2D eigenvalue weighted by atomic mass is 10.1. The molecule has 1 amide bonds. The molecule has 8 nitrogen and oxygen atoms in total. The molecule has 0 aliphatic carbocycles. The molecule has 1 atom stereocenters. The number of anilines is 1. The van der Waals surface area contributed by atoms with Crippen molar-refractivity contribution in [1.29, 1.82) is 0 Å². The lowest BCUT2D eigenvalue weighted by Gasteiger charge is -2.32. The van der Waals surface area contributed by atoms with Crippen LogP contribution in [0.2, 0.25) is 5.02 Å². The number of piperidine rings is 1. The summed E-state index contributed by atoms with van der Waals surface area (Å²) < 4.78 is 32.8. The minimum atomic E-state index is -3.59. The molecule has 10 heteroatoms. The maximum absolute atomic E-state index is 12.9. The number of hydrogen-bond donors (Lipinski definition) is 1. The topological polar surface area (TPSA) is 105 Å². The molecule has 0 bridgehead atoms. The minimum Gasteiger partial charge on any atom is -0.403 e. The summed E-state index contributed by atoms with van der Waals surface area (Å²) in [5, 5.41) is 10.8. The van der Waals surface area contributed by atoms with E-state index in [2.05, 4.69) is 15.5 Å². The Morgan fingerprint density at radius 1 is 1.10 bits per heavy atom. The van der Waals surface area contributed by atoms with Gasteiger partial charge in [0.1, 0.15) is 0 Å². The standard InChI is InChI=1S/C21H21ClN4O4S/c1-14-4-2-3-13-26(14)31(28,29)18-11-7-15(8-12-18)19(27)23-21-25-24-20(30-21)16-5-9-17(22)10-6-16/h5-12,14H,2-4,13H2,1H3,(H,23,25,27)/t14-/m1/s1. The summed E-state index contributed by atoms with van der Waals surface area (Å²) in [5.41, 5.74) is 0.941. The van der Waals surface area contributed by atoms with E-state index in [0.29, 0.717) is 17.1 Å². The molecule has 1 aromatic heterocycles. The average molecular weight is 461 g/mol. The number of aromatic nitrogens is 2. The van der Waals surface area contributed by atoms with Crippen molar-refractivity contribution >= 4 is 33.5 Å². The van der Waals surface area contributed by atoms with E-state index in [4.69, 9.17) is 16.0 Å². The van der Waals surface area contributed by atoms with Crippen molar-refractivity contribution in [3.05, 3.63) is 59.1 Å². The molecule has 0 spiro atoms. The van der Waals surface area contributed by atoms with Crippen molar-refractivity contribution in [1.82, 2.24) is 14.5 Å². The summed E-state index contributed by atoms with van der Waals surface area (Å²) in [6.07, 6.45) is 2.73. The van der Waals surface area contributed by atoms with Crippen LogP contribution in [0.25, 0.3) is 11.5 Å². The molecule has 1 aliphatic heterocycles. The third-order valence-electron chi connectivity index (χ3n) is 5.20. The summed E-state index contributed by atoms with van der Waals surface area (Å²) in [6, 6.07) is 12.6. The van der Waals surface area contributed by atoms with Crippen LogP contribution in [-0.4, -0.2) is 41.4 Å². The van der Waals surface area contributed by atoms with Crippen LogP contribution in [0, 0.1) is 0 Å². The Labute approximate surface area is 185 Å². The van der Waals surface area contributed by atoms with Gasteiger partial charge >= 0.3 is 6.01 Å². The van der Waals surface area contributed by atoms with Crippen LogP contribution in [0.3, 0.4) is 0 Å². The summed E-state index contributed by atoms with van der Waals surface area (Å²) in [4.78, 5) is 12.7. The Bertz CT molecular complexity index is 1180. The molecule has 162 valence electrons. The average Bonchev–Trinajstić information content (AvgIpc) is 3.23. The third kappa shape index (κ3) is 4.63. The third-order valence-corrected chi connectivity index (χ3v) is 7.48. The van der Waals surface area contributed by atoms with E-state index in [1.165, 1.54) is 28.6 Å². The van der Waals surface area contributed by atoms with Crippen LogP contribution in [0.4, 0.5) is 6.01 Å². The molecule has 2 heterocycles. The molecule has 1 N–H and O–H groups in total. The van der Waals surface area contributed by atoms with Gasteiger partial charge in [0.05, 0.1) is 4.90 Å². The van der Waals surface area contributed by atoms with E-state index in [9.17, 15) is 13.2 Å². The lowest BCUT2D eigenvalue weighted by molar-refractivity contribution is 0.102. The number of sulfonamides is 1. The van der Waals surface area contributed by atoms with E-state index in [0.717, 1.165) is 19.3 Å². The molecular weight excluding hydrogens is 440 g/mol. The van der Waals surface area contributed by atoms with E-state index in [-0.39, 0.29) is 28.4 Å². The second kappa shape index (κ2) is 8.78. The van der Waals surface area contributed by atoms with Crippen LogP contribution < -0.4 is 5.32 Å². The van der Waals surface area contributed by atoms with Crippen LogP contribution in [0.1, 0.15) is 36.5 Å². The van der Waals surface area contributed by atoms with E-state index < -0.39 is 15.9 Å². The zero-order valence-corrected chi connectivity index (χ0v) is 18.4. The number of halogens is 1. The maximum atomic E-state index is 12.9. The van der Waals surface area contributed by atoms with Crippen molar-refractivity contribution in [2.24, 2.45) is 0 Å². The number of carbonyl (C=O) groups excluding carboxylic acids is 1. The minimum absolute atomic E-state index is 0.0333. The molecule has 0 radical (unpaired) electrons. The molecular formula is C21H21ClN4O4S. The van der Waals surface area contributed by atoms with Crippen LogP contribution in [0.15, 0.2) is 57.8 Å². The quantitative estimate of drug-likeness (QED) is 0.611. The zero-order chi connectivity index (χ0) is 22.0. The van der Waals surface area contributed by atoms with Gasteiger partial charge in [-0.05, 0) is 68.3 Å². The number of rotatable bonds is 5. The maximum Gasteiger partial charge on any atom is 0.322 e. The predicted octanol–water partition coefficient (Wildman–Crippen LogP) is 4.21. The lowest BCUT2D eigenvalue weighted by Crippen LogP contribution is -2.41. The van der Waals surface area contributed by atoms with Crippen LogP contribution in [0.5, 0.6) is 0 Å². The Kier molecular flexibility index (Phi) is 6.08. The first-order valence-corrected chi connectivity index (χ1v) is 11.7. The summed E-state index contributed by atoms with van der Waals surface area (Å²) >= 11 is 5.87. The monoisotopic (exact) mass is 460 g/mol. The largest absolute Gasteiger partial charge is 0.403 e. The molecule has 2 aromatic carbocycles. The highest BCUT2D eigenvalue weighted by molar-refractivity contribution is 7.89. The molecule has 31 heavy (non-hydrogen) atoms. The first-order valence-electron chi connectivity index (χ1n) is 9.87. The van der Waals surface area contributed by atoms with Crippen molar-refractivity contribution < 1.29 is 17.6 Å². The van der Waals surface area contributed by atoms with Crippen molar-refractivity contribution in [2.45, 2.75) is 37.1 Å². The summed E-state index contributed by atoms with van der Waals surface area (Å²) in [6.45, 7) is 2.43. The van der Waals surface area contributed by atoms with E-state index in [1.807, 2.05) is 6.92 Å². The second-order valence-corrected chi connectivity index (χ2v) is 9.69. The molecule has 0 unspecified atom stereocenters.